The summed E-state index contributed by atoms with van der Waals surface area (Å²) >= 11 is 0. The predicted octanol–water partition coefficient (Wildman–Crippen LogP) is 3.48. The second-order valence-electron chi connectivity index (χ2n) is 7.22. The van der Waals surface area contributed by atoms with Crippen LogP contribution >= 0.6 is 0 Å². The summed E-state index contributed by atoms with van der Waals surface area (Å²) in [6.07, 6.45) is 10.7. The van der Waals surface area contributed by atoms with Gasteiger partial charge in [-0.3, -0.25) is 9.59 Å². The van der Waals surface area contributed by atoms with E-state index in [1.54, 1.807) is 6.08 Å². The van der Waals surface area contributed by atoms with Crippen molar-refractivity contribution in [2.45, 2.75) is 89.8 Å². The van der Waals surface area contributed by atoms with E-state index in [0.29, 0.717) is 6.42 Å². The van der Waals surface area contributed by atoms with E-state index in [2.05, 4.69) is 6.92 Å². The van der Waals surface area contributed by atoms with E-state index in [4.69, 9.17) is 5.11 Å². The highest BCUT2D eigenvalue weighted by Crippen LogP contribution is 2.34. The van der Waals surface area contributed by atoms with Crippen LogP contribution in [0.5, 0.6) is 0 Å². The number of aliphatic carboxylic acids is 1. The molecule has 25 heavy (non-hydrogen) atoms. The van der Waals surface area contributed by atoms with Gasteiger partial charge in [0.15, 0.2) is 0 Å². The van der Waals surface area contributed by atoms with Gasteiger partial charge >= 0.3 is 5.97 Å². The number of aliphatic hydroxyl groups is 2. The molecule has 0 radical (unpaired) electrons. The van der Waals surface area contributed by atoms with Gasteiger partial charge in [-0.1, -0.05) is 57.6 Å². The van der Waals surface area contributed by atoms with Gasteiger partial charge in [-0.25, -0.2) is 0 Å². The number of hydrogen-bond acceptors (Lipinski definition) is 4. The molecule has 0 saturated heterocycles. The van der Waals surface area contributed by atoms with Gasteiger partial charge in [0.05, 0.1) is 12.2 Å². The van der Waals surface area contributed by atoms with Crippen molar-refractivity contribution >= 4 is 11.8 Å². The first-order valence-corrected chi connectivity index (χ1v) is 9.74. The second-order valence-corrected chi connectivity index (χ2v) is 7.22. The highest BCUT2D eigenvalue weighted by atomic mass is 16.4. The first kappa shape index (κ1) is 21.8. The van der Waals surface area contributed by atoms with Crippen LogP contribution in [-0.4, -0.2) is 39.3 Å². The van der Waals surface area contributed by atoms with Crippen molar-refractivity contribution in [1.82, 2.24) is 0 Å². The van der Waals surface area contributed by atoms with E-state index >= 15 is 0 Å². The normalized spacial score (nSPS) is 24.9. The number of carbonyl (C=O) groups excluding carboxylic acids is 1. The molecule has 0 amide bonds. The van der Waals surface area contributed by atoms with Crippen LogP contribution in [0.2, 0.25) is 0 Å². The van der Waals surface area contributed by atoms with Crippen LogP contribution in [0.25, 0.3) is 0 Å². The van der Waals surface area contributed by atoms with Crippen LogP contribution in [0.3, 0.4) is 0 Å². The van der Waals surface area contributed by atoms with E-state index in [-0.39, 0.29) is 30.5 Å². The molecule has 0 spiro atoms. The molecule has 5 nitrogen and oxygen atoms in total. The van der Waals surface area contributed by atoms with Crippen LogP contribution in [0.4, 0.5) is 0 Å². The van der Waals surface area contributed by atoms with E-state index in [0.717, 1.165) is 51.4 Å². The zero-order chi connectivity index (χ0) is 18.7. The standard InChI is InChI=1S/C20H34O5/c1-2-3-6-9-15(21)12-13-17-16(18(22)14-19(17)23)10-7-4-5-8-11-20(24)25/h12-13,15-17,19,21,23H,2-11,14H2,1H3,(H,24,25)/b13-12+/t15-,16-,17-,19+/m0/s1. The molecule has 144 valence electrons. The summed E-state index contributed by atoms with van der Waals surface area (Å²) in [4.78, 5) is 22.6. The Balaban J connectivity index is 2.39. The van der Waals surface area contributed by atoms with Gasteiger partial charge in [0.1, 0.15) is 5.78 Å². The largest absolute Gasteiger partial charge is 0.481 e. The average molecular weight is 354 g/mol. The number of rotatable bonds is 13. The molecule has 3 N–H and O–H groups in total. The van der Waals surface area contributed by atoms with Crippen molar-refractivity contribution in [3.8, 4) is 0 Å². The minimum Gasteiger partial charge on any atom is -0.481 e. The molecule has 1 saturated carbocycles. The molecule has 0 aromatic heterocycles. The number of aliphatic hydroxyl groups excluding tert-OH is 2. The summed E-state index contributed by atoms with van der Waals surface area (Å²) in [6, 6.07) is 0. The van der Waals surface area contributed by atoms with Crippen molar-refractivity contribution in [3.63, 3.8) is 0 Å². The fourth-order valence-corrected chi connectivity index (χ4v) is 3.54. The van der Waals surface area contributed by atoms with Crippen LogP contribution in [-0.2, 0) is 9.59 Å². The maximum absolute atomic E-state index is 12.1. The van der Waals surface area contributed by atoms with Gasteiger partial charge in [-0.2, -0.15) is 0 Å². The number of Topliss-reactive ketones (excluding diaryl/α,β-unsaturated/α-hetero) is 1. The molecular weight excluding hydrogens is 320 g/mol. The number of carbonyl (C=O) groups is 2. The van der Waals surface area contributed by atoms with Gasteiger partial charge in [-0.05, 0) is 19.3 Å². The lowest BCUT2D eigenvalue weighted by atomic mass is 9.88. The third kappa shape index (κ3) is 8.63. The summed E-state index contributed by atoms with van der Waals surface area (Å²) in [5, 5.41) is 28.7. The van der Waals surface area contributed by atoms with Crippen LogP contribution < -0.4 is 0 Å². The van der Waals surface area contributed by atoms with Gasteiger partial charge in [0, 0.05) is 24.7 Å². The number of ketones is 1. The number of hydrogen-bond donors (Lipinski definition) is 3. The number of unbranched alkanes of at least 4 members (excludes halogenated alkanes) is 5. The number of carboxylic acid groups (broad SMARTS) is 1. The average Bonchev–Trinajstić information content (AvgIpc) is 2.82. The number of carboxylic acids is 1. The Morgan fingerprint density at radius 2 is 1.92 bits per heavy atom. The third-order valence-corrected chi connectivity index (χ3v) is 5.05. The van der Waals surface area contributed by atoms with Gasteiger partial charge in [0.25, 0.3) is 0 Å². The Kier molecular flexibility index (Phi) is 10.7. The molecule has 1 fully saturated rings. The Bertz CT molecular complexity index is 432. The van der Waals surface area contributed by atoms with Gasteiger partial charge in [0.2, 0.25) is 0 Å². The Hall–Kier alpha value is -1.20. The van der Waals surface area contributed by atoms with Gasteiger partial charge < -0.3 is 15.3 Å². The molecule has 0 aromatic carbocycles. The van der Waals surface area contributed by atoms with E-state index < -0.39 is 18.2 Å². The van der Waals surface area contributed by atoms with Crippen LogP contribution in [0, 0.1) is 11.8 Å². The quantitative estimate of drug-likeness (QED) is 0.348. The van der Waals surface area contributed by atoms with Gasteiger partial charge in [-0.15, -0.1) is 0 Å². The maximum atomic E-state index is 12.1. The molecule has 0 heterocycles. The molecule has 0 bridgehead atoms. The van der Waals surface area contributed by atoms with Crippen molar-refractivity contribution in [2.75, 3.05) is 0 Å². The smallest absolute Gasteiger partial charge is 0.303 e. The third-order valence-electron chi connectivity index (χ3n) is 5.05. The molecule has 1 aliphatic carbocycles. The highest BCUT2D eigenvalue weighted by molar-refractivity contribution is 5.84. The van der Waals surface area contributed by atoms with Crippen molar-refractivity contribution in [3.05, 3.63) is 12.2 Å². The predicted molar refractivity (Wildman–Crippen MR) is 97.2 cm³/mol. The lowest BCUT2D eigenvalue weighted by Crippen LogP contribution is -2.19. The topological polar surface area (TPSA) is 94.8 Å². The van der Waals surface area contributed by atoms with Crippen molar-refractivity contribution in [1.29, 1.82) is 0 Å². The van der Waals surface area contributed by atoms with Crippen LogP contribution in [0.1, 0.15) is 77.6 Å². The first-order chi connectivity index (χ1) is 12.0. The summed E-state index contributed by atoms with van der Waals surface area (Å²) in [5.41, 5.74) is 0. The molecule has 1 rings (SSSR count). The molecule has 1 aliphatic rings. The Morgan fingerprint density at radius 3 is 2.60 bits per heavy atom. The van der Waals surface area contributed by atoms with E-state index in [1.165, 1.54) is 0 Å². The minimum atomic E-state index is -0.767. The first-order valence-electron chi connectivity index (χ1n) is 9.74. The lowest BCUT2D eigenvalue weighted by molar-refractivity contribution is -0.137. The van der Waals surface area contributed by atoms with E-state index in [9.17, 15) is 19.8 Å². The zero-order valence-electron chi connectivity index (χ0n) is 15.4. The molecule has 4 atom stereocenters. The summed E-state index contributed by atoms with van der Waals surface area (Å²) < 4.78 is 0. The summed E-state index contributed by atoms with van der Waals surface area (Å²) in [6.45, 7) is 2.12. The molecular formula is C20H34O5. The lowest BCUT2D eigenvalue weighted by Gasteiger charge is -2.18. The monoisotopic (exact) mass is 354 g/mol. The summed E-state index contributed by atoms with van der Waals surface area (Å²) in [7, 11) is 0. The fourth-order valence-electron chi connectivity index (χ4n) is 3.54. The molecule has 0 aliphatic heterocycles. The minimum absolute atomic E-state index is 0.105. The fraction of sp³-hybridized carbons (Fsp3) is 0.800. The Labute approximate surface area is 151 Å². The highest BCUT2D eigenvalue weighted by Gasteiger charge is 2.39. The van der Waals surface area contributed by atoms with E-state index in [1.807, 2.05) is 6.08 Å². The summed E-state index contributed by atoms with van der Waals surface area (Å²) in [5.74, 6) is -1.04. The molecule has 5 heteroatoms. The second kappa shape index (κ2) is 12.2. The van der Waals surface area contributed by atoms with Crippen molar-refractivity contribution < 1.29 is 24.9 Å². The Morgan fingerprint density at radius 1 is 1.20 bits per heavy atom. The van der Waals surface area contributed by atoms with Crippen molar-refractivity contribution in [2.24, 2.45) is 11.8 Å². The molecule has 0 aromatic rings. The maximum Gasteiger partial charge on any atom is 0.303 e. The molecule has 0 unspecified atom stereocenters. The zero-order valence-corrected chi connectivity index (χ0v) is 15.4. The van der Waals surface area contributed by atoms with Crippen LogP contribution in [0.15, 0.2) is 12.2 Å². The SMILES string of the molecule is CCCCC[C@H](O)/C=C/[C@@H]1[C@H](O)CC(=O)[C@H]1CCCCCCC(=O)O.